The molecule has 0 aliphatic carbocycles. The van der Waals surface area contributed by atoms with Gasteiger partial charge in [-0.15, -0.1) is 0 Å². The van der Waals surface area contributed by atoms with Gasteiger partial charge in [-0.05, 0) is 54.1 Å². The lowest BCUT2D eigenvalue weighted by atomic mass is 10.0. The number of carbonyl (C=O) groups excluding carboxylic acids is 1. The Hall–Kier alpha value is -3.59. The van der Waals surface area contributed by atoms with Crippen LogP contribution in [0.2, 0.25) is 0 Å². The van der Waals surface area contributed by atoms with E-state index < -0.39 is 28.9 Å². The van der Waals surface area contributed by atoms with E-state index >= 15 is 0 Å². The predicted octanol–water partition coefficient (Wildman–Crippen LogP) is 6.47. The number of esters is 1. The fraction of sp³-hybridized carbons (Fsp3) is 0.0833. The Kier molecular flexibility index (Phi) is 5.99. The maximum Gasteiger partial charge on any atom is 0.450 e. The van der Waals surface area contributed by atoms with Gasteiger partial charge in [0.15, 0.2) is 0 Å². The summed E-state index contributed by atoms with van der Waals surface area (Å²) in [6.07, 6.45) is -4.93. The number of ether oxygens (including phenoxy) is 2. The van der Waals surface area contributed by atoms with Crippen molar-refractivity contribution in [2.45, 2.75) is 6.18 Å². The second-order valence-corrected chi connectivity index (χ2v) is 7.83. The molecule has 3 aromatic carbocycles. The van der Waals surface area contributed by atoms with Gasteiger partial charge in [-0.2, -0.15) is 13.2 Å². The summed E-state index contributed by atoms with van der Waals surface area (Å²) in [5, 5.41) is -0.0786. The lowest BCUT2D eigenvalue weighted by molar-refractivity contribution is -0.152. The van der Waals surface area contributed by atoms with Crippen LogP contribution in [-0.4, -0.2) is 13.1 Å². The molecule has 33 heavy (non-hydrogen) atoms. The highest BCUT2D eigenvalue weighted by Crippen LogP contribution is 2.38. The molecule has 0 amide bonds. The number of halogens is 4. The largest absolute Gasteiger partial charge is 0.497 e. The van der Waals surface area contributed by atoms with Gasteiger partial charge in [0, 0.05) is 10.5 Å². The average Bonchev–Trinajstić information content (AvgIpc) is 2.79. The van der Waals surface area contributed by atoms with Crippen LogP contribution in [0, 0.1) is 0 Å². The van der Waals surface area contributed by atoms with Crippen molar-refractivity contribution < 1.29 is 31.9 Å². The maximum absolute atomic E-state index is 13.8. The van der Waals surface area contributed by atoms with Crippen molar-refractivity contribution in [3.05, 3.63) is 92.7 Å². The lowest BCUT2D eigenvalue weighted by Crippen LogP contribution is -2.16. The second-order valence-electron chi connectivity index (χ2n) is 6.92. The molecular formula is C24H14BrF3O5. The summed E-state index contributed by atoms with van der Waals surface area (Å²) >= 11 is 3.21. The molecule has 0 spiro atoms. The van der Waals surface area contributed by atoms with E-state index in [0.29, 0.717) is 10.2 Å². The van der Waals surface area contributed by atoms with Crippen LogP contribution in [0.1, 0.15) is 16.1 Å². The number of carbonyl (C=O) groups is 1. The minimum absolute atomic E-state index is 0.0659. The smallest absolute Gasteiger partial charge is 0.450 e. The zero-order chi connectivity index (χ0) is 23.8. The van der Waals surface area contributed by atoms with Gasteiger partial charge in [-0.1, -0.05) is 28.1 Å². The Bertz CT molecular complexity index is 1390. The molecule has 5 nitrogen and oxygen atoms in total. The summed E-state index contributed by atoms with van der Waals surface area (Å²) in [5.41, 5.74) is -1.52. The van der Waals surface area contributed by atoms with E-state index in [-0.39, 0.29) is 27.8 Å². The van der Waals surface area contributed by atoms with Gasteiger partial charge >= 0.3 is 12.1 Å². The van der Waals surface area contributed by atoms with Gasteiger partial charge in [0.2, 0.25) is 11.2 Å². The summed E-state index contributed by atoms with van der Waals surface area (Å²) in [5.74, 6) is -1.70. The predicted molar refractivity (Wildman–Crippen MR) is 119 cm³/mol. The molecular weight excluding hydrogens is 505 g/mol. The molecule has 9 heteroatoms. The first-order valence-corrected chi connectivity index (χ1v) is 10.3. The Morgan fingerprint density at radius 1 is 0.939 bits per heavy atom. The number of fused-ring (bicyclic) bond motifs is 1. The van der Waals surface area contributed by atoms with Crippen LogP contribution in [-0.2, 0) is 6.18 Å². The van der Waals surface area contributed by atoms with E-state index in [1.165, 1.54) is 55.6 Å². The van der Waals surface area contributed by atoms with Crippen molar-refractivity contribution in [1.29, 1.82) is 0 Å². The van der Waals surface area contributed by atoms with E-state index in [2.05, 4.69) is 15.9 Å². The van der Waals surface area contributed by atoms with Crippen LogP contribution in [0.25, 0.3) is 22.1 Å². The molecule has 0 aliphatic heterocycles. The zero-order valence-electron chi connectivity index (χ0n) is 16.9. The number of alkyl halides is 3. The second kappa shape index (κ2) is 8.74. The summed E-state index contributed by atoms with van der Waals surface area (Å²) in [7, 11) is 1.48. The van der Waals surface area contributed by atoms with Crippen molar-refractivity contribution in [3.63, 3.8) is 0 Å². The van der Waals surface area contributed by atoms with Crippen LogP contribution in [0.5, 0.6) is 11.5 Å². The molecule has 0 atom stereocenters. The number of hydrogen-bond donors (Lipinski definition) is 0. The van der Waals surface area contributed by atoms with Gasteiger partial charge < -0.3 is 13.9 Å². The molecule has 4 aromatic rings. The minimum Gasteiger partial charge on any atom is -0.497 e. The topological polar surface area (TPSA) is 65.7 Å². The molecule has 0 saturated carbocycles. The van der Waals surface area contributed by atoms with Crippen LogP contribution < -0.4 is 14.9 Å². The highest BCUT2D eigenvalue weighted by molar-refractivity contribution is 9.10. The molecule has 0 fully saturated rings. The molecule has 0 radical (unpaired) electrons. The third-order valence-electron chi connectivity index (χ3n) is 4.79. The van der Waals surface area contributed by atoms with Crippen LogP contribution in [0.15, 0.2) is 80.4 Å². The fourth-order valence-corrected chi connectivity index (χ4v) is 3.47. The Balaban J connectivity index is 1.77. The maximum atomic E-state index is 13.8. The third-order valence-corrected chi connectivity index (χ3v) is 5.32. The monoisotopic (exact) mass is 518 g/mol. The summed E-state index contributed by atoms with van der Waals surface area (Å²) < 4.78 is 57.4. The average molecular weight is 519 g/mol. The number of benzene rings is 3. The third kappa shape index (κ3) is 4.63. The quantitative estimate of drug-likeness (QED) is 0.229. The van der Waals surface area contributed by atoms with Gasteiger partial charge in [-0.25, -0.2) is 4.79 Å². The minimum atomic E-state index is -4.93. The van der Waals surface area contributed by atoms with Gasteiger partial charge in [-0.3, -0.25) is 4.79 Å². The van der Waals surface area contributed by atoms with Crippen molar-refractivity contribution in [1.82, 2.24) is 0 Å². The first-order valence-electron chi connectivity index (χ1n) is 9.47. The Labute approximate surface area is 193 Å². The standard InChI is InChI=1S/C24H14BrF3O5/c1-31-16-8-4-14(5-9-16)23(30)32-17-10-11-18-19(12-17)33-22(24(26,27)28)20(21(18)29)13-2-6-15(25)7-3-13/h2-12H,1H3. The van der Waals surface area contributed by atoms with Crippen LogP contribution in [0.4, 0.5) is 13.2 Å². The zero-order valence-corrected chi connectivity index (χ0v) is 18.5. The van der Waals surface area contributed by atoms with Crippen molar-refractivity contribution in [2.24, 2.45) is 0 Å². The van der Waals surface area contributed by atoms with E-state index in [1.54, 1.807) is 12.1 Å². The molecule has 0 bridgehead atoms. The van der Waals surface area contributed by atoms with Crippen molar-refractivity contribution >= 4 is 32.9 Å². The van der Waals surface area contributed by atoms with E-state index in [1.807, 2.05) is 0 Å². The molecule has 4 rings (SSSR count). The molecule has 0 aliphatic rings. The van der Waals surface area contributed by atoms with Gasteiger partial charge in [0.25, 0.3) is 0 Å². The van der Waals surface area contributed by atoms with Crippen molar-refractivity contribution in [2.75, 3.05) is 7.11 Å². The Morgan fingerprint density at radius 3 is 2.18 bits per heavy atom. The lowest BCUT2D eigenvalue weighted by Gasteiger charge is -2.13. The van der Waals surface area contributed by atoms with E-state index in [0.717, 1.165) is 6.07 Å². The molecule has 0 unspecified atom stereocenters. The van der Waals surface area contributed by atoms with Crippen LogP contribution >= 0.6 is 15.9 Å². The normalized spacial score (nSPS) is 11.4. The first kappa shape index (κ1) is 22.6. The number of rotatable bonds is 4. The Morgan fingerprint density at radius 2 is 1.58 bits per heavy atom. The van der Waals surface area contributed by atoms with E-state index in [9.17, 15) is 22.8 Å². The van der Waals surface area contributed by atoms with Crippen LogP contribution in [0.3, 0.4) is 0 Å². The van der Waals surface area contributed by atoms with E-state index in [4.69, 9.17) is 13.9 Å². The van der Waals surface area contributed by atoms with Gasteiger partial charge in [0.1, 0.15) is 17.1 Å². The fourth-order valence-electron chi connectivity index (χ4n) is 3.21. The molecule has 168 valence electrons. The molecule has 0 N–H and O–H groups in total. The molecule has 1 aromatic heterocycles. The van der Waals surface area contributed by atoms with Crippen molar-refractivity contribution in [3.8, 4) is 22.6 Å². The highest BCUT2D eigenvalue weighted by Gasteiger charge is 2.39. The molecule has 0 saturated heterocycles. The summed E-state index contributed by atoms with van der Waals surface area (Å²) in [6.45, 7) is 0. The van der Waals surface area contributed by atoms with Gasteiger partial charge in [0.05, 0.1) is 23.6 Å². The SMILES string of the molecule is COc1ccc(C(=O)Oc2ccc3c(=O)c(-c4ccc(Br)cc4)c(C(F)(F)F)oc3c2)cc1. The highest BCUT2D eigenvalue weighted by atomic mass is 79.9. The number of hydrogen-bond acceptors (Lipinski definition) is 5. The summed E-state index contributed by atoms with van der Waals surface area (Å²) in [4.78, 5) is 25.4. The summed E-state index contributed by atoms with van der Waals surface area (Å²) in [6, 6.07) is 15.6. The first-order chi connectivity index (χ1) is 15.7. The number of methoxy groups -OCH3 is 1. The molecule has 1 heterocycles.